The smallest absolute Gasteiger partial charge is 0.00362 e. The zero-order valence-corrected chi connectivity index (χ0v) is 7.84. The summed E-state index contributed by atoms with van der Waals surface area (Å²) in [6, 6.07) is 0.431. The van der Waals surface area contributed by atoms with Crippen LogP contribution in [0.3, 0.4) is 0 Å². The molecular formula is C10H21N. The predicted molar refractivity (Wildman–Crippen MR) is 51.5 cm³/mol. The lowest BCUT2D eigenvalue weighted by molar-refractivity contribution is 0.553. The number of hydrogen-bond donors (Lipinski definition) is 1. The van der Waals surface area contributed by atoms with Gasteiger partial charge < -0.3 is 5.73 Å². The highest BCUT2D eigenvalue weighted by Crippen LogP contribution is 2.04. The molecule has 0 spiro atoms. The topological polar surface area (TPSA) is 26.0 Å². The molecule has 11 heavy (non-hydrogen) atoms. The minimum atomic E-state index is 0.431. The van der Waals surface area contributed by atoms with Gasteiger partial charge in [-0.2, -0.15) is 0 Å². The molecule has 0 aliphatic heterocycles. The van der Waals surface area contributed by atoms with Crippen molar-refractivity contribution >= 4 is 0 Å². The summed E-state index contributed by atoms with van der Waals surface area (Å²) >= 11 is 0. The maximum absolute atomic E-state index is 5.77. The third kappa shape index (κ3) is 7.60. The molecule has 0 amide bonds. The molecule has 1 atom stereocenters. The Morgan fingerprint density at radius 2 is 2.09 bits per heavy atom. The zero-order valence-electron chi connectivity index (χ0n) is 7.84. The lowest BCUT2D eigenvalue weighted by Crippen LogP contribution is -2.17. The maximum Gasteiger partial charge on any atom is 0.00362 e. The number of hydrogen-bond acceptors (Lipinski definition) is 1. The van der Waals surface area contributed by atoms with Gasteiger partial charge in [-0.3, -0.25) is 0 Å². The summed E-state index contributed by atoms with van der Waals surface area (Å²) in [5.41, 5.74) is 5.77. The second-order valence-corrected chi connectivity index (χ2v) is 3.02. The fraction of sp³-hybridized carbons (Fsp3) is 0.800. The number of allylic oxidation sites excluding steroid dienone is 2. The average molecular weight is 155 g/mol. The summed E-state index contributed by atoms with van der Waals surface area (Å²) in [4.78, 5) is 0. The molecule has 0 radical (unpaired) electrons. The van der Waals surface area contributed by atoms with E-state index in [2.05, 4.69) is 26.0 Å². The molecule has 0 aliphatic rings. The maximum atomic E-state index is 5.77. The van der Waals surface area contributed by atoms with E-state index in [1.165, 1.54) is 25.7 Å². The molecule has 0 rings (SSSR count). The van der Waals surface area contributed by atoms with E-state index in [1.54, 1.807) is 0 Å². The van der Waals surface area contributed by atoms with Crippen LogP contribution in [-0.4, -0.2) is 6.04 Å². The van der Waals surface area contributed by atoms with Crippen LogP contribution in [0.4, 0.5) is 0 Å². The van der Waals surface area contributed by atoms with Gasteiger partial charge in [-0.25, -0.2) is 0 Å². The van der Waals surface area contributed by atoms with Crippen molar-refractivity contribution in [2.24, 2.45) is 5.73 Å². The molecule has 0 aromatic carbocycles. The molecule has 0 aromatic rings. The quantitative estimate of drug-likeness (QED) is 0.463. The van der Waals surface area contributed by atoms with Gasteiger partial charge in [0.15, 0.2) is 0 Å². The summed E-state index contributed by atoms with van der Waals surface area (Å²) in [5.74, 6) is 0. The standard InChI is InChI=1S/C10H21N/c1-3-5-6-7-8-9-10(11)4-2/h3,5,10H,4,6-9,11H2,1-2H3. The minimum Gasteiger partial charge on any atom is -0.328 e. The first-order valence-electron chi connectivity index (χ1n) is 4.68. The molecule has 0 bridgehead atoms. The van der Waals surface area contributed by atoms with Gasteiger partial charge in [0.05, 0.1) is 0 Å². The highest BCUT2D eigenvalue weighted by molar-refractivity contribution is 4.76. The van der Waals surface area contributed by atoms with Crippen LogP contribution in [0.25, 0.3) is 0 Å². The van der Waals surface area contributed by atoms with E-state index in [-0.39, 0.29) is 0 Å². The molecule has 2 N–H and O–H groups in total. The Labute approximate surface area is 70.7 Å². The molecule has 0 fully saturated rings. The van der Waals surface area contributed by atoms with Crippen molar-refractivity contribution in [3.63, 3.8) is 0 Å². The Hall–Kier alpha value is -0.300. The molecule has 66 valence electrons. The molecule has 0 heterocycles. The van der Waals surface area contributed by atoms with Crippen molar-refractivity contribution in [1.29, 1.82) is 0 Å². The van der Waals surface area contributed by atoms with Gasteiger partial charge >= 0.3 is 0 Å². The summed E-state index contributed by atoms with van der Waals surface area (Å²) in [7, 11) is 0. The molecule has 0 saturated heterocycles. The SMILES string of the molecule is CC=CCCCCC(N)CC. The van der Waals surface area contributed by atoms with Crippen LogP contribution in [0.15, 0.2) is 12.2 Å². The molecule has 0 saturated carbocycles. The fourth-order valence-electron chi connectivity index (χ4n) is 1.04. The lowest BCUT2D eigenvalue weighted by atomic mass is 10.1. The normalized spacial score (nSPS) is 14.1. The second-order valence-electron chi connectivity index (χ2n) is 3.02. The van der Waals surface area contributed by atoms with Crippen molar-refractivity contribution < 1.29 is 0 Å². The Bertz CT molecular complexity index is 97.0. The molecular weight excluding hydrogens is 134 g/mol. The first kappa shape index (κ1) is 10.7. The molecule has 1 nitrogen and oxygen atoms in total. The van der Waals surface area contributed by atoms with E-state index in [0.717, 1.165) is 6.42 Å². The number of nitrogens with two attached hydrogens (primary N) is 1. The summed E-state index contributed by atoms with van der Waals surface area (Å²) in [5, 5.41) is 0. The van der Waals surface area contributed by atoms with E-state index in [0.29, 0.717) is 6.04 Å². The highest BCUT2D eigenvalue weighted by atomic mass is 14.6. The minimum absolute atomic E-state index is 0.431. The largest absolute Gasteiger partial charge is 0.328 e. The van der Waals surface area contributed by atoms with Crippen LogP contribution in [0.1, 0.15) is 46.0 Å². The summed E-state index contributed by atoms with van der Waals surface area (Å²) in [6.07, 6.45) is 10.4. The third-order valence-electron chi connectivity index (χ3n) is 1.96. The third-order valence-corrected chi connectivity index (χ3v) is 1.96. The molecule has 1 unspecified atom stereocenters. The van der Waals surface area contributed by atoms with Crippen LogP contribution < -0.4 is 5.73 Å². The highest BCUT2D eigenvalue weighted by Gasteiger charge is 1.96. The van der Waals surface area contributed by atoms with E-state index in [9.17, 15) is 0 Å². The van der Waals surface area contributed by atoms with Crippen molar-refractivity contribution in [3.05, 3.63) is 12.2 Å². The fourth-order valence-corrected chi connectivity index (χ4v) is 1.04. The van der Waals surface area contributed by atoms with Gasteiger partial charge in [-0.05, 0) is 32.6 Å². The second kappa shape index (κ2) is 7.80. The Morgan fingerprint density at radius 1 is 1.36 bits per heavy atom. The van der Waals surface area contributed by atoms with Crippen molar-refractivity contribution in [2.75, 3.05) is 0 Å². The van der Waals surface area contributed by atoms with Gasteiger partial charge in [0.1, 0.15) is 0 Å². The van der Waals surface area contributed by atoms with Gasteiger partial charge in [0.2, 0.25) is 0 Å². The van der Waals surface area contributed by atoms with Crippen LogP contribution in [0.2, 0.25) is 0 Å². The van der Waals surface area contributed by atoms with E-state index >= 15 is 0 Å². The monoisotopic (exact) mass is 155 g/mol. The van der Waals surface area contributed by atoms with Gasteiger partial charge in [-0.1, -0.05) is 25.5 Å². The van der Waals surface area contributed by atoms with Crippen molar-refractivity contribution in [2.45, 2.75) is 52.0 Å². The summed E-state index contributed by atoms with van der Waals surface area (Å²) in [6.45, 7) is 4.22. The van der Waals surface area contributed by atoms with Crippen molar-refractivity contribution in [3.8, 4) is 0 Å². The Kier molecular flexibility index (Phi) is 7.59. The first-order valence-corrected chi connectivity index (χ1v) is 4.68. The van der Waals surface area contributed by atoms with Crippen LogP contribution in [0, 0.1) is 0 Å². The number of unbranched alkanes of at least 4 members (excludes halogenated alkanes) is 2. The molecule has 1 heteroatoms. The van der Waals surface area contributed by atoms with E-state index in [1.807, 2.05) is 0 Å². The predicted octanol–water partition coefficient (Wildman–Crippen LogP) is 2.86. The Morgan fingerprint density at radius 3 is 2.64 bits per heavy atom. The van der Waals surface area contributed by atoms with Gasteiger partial charge in [-0.15, -0.1) is 0 Å². The molecule has 0 aromatic heterocycles. The zero-order chi connectivity index (χ0) is 8.53. The van der Waals surface area contributed by atoms with Crippen molar-refractivity contribution in [1.82, 2.24) is 0 Å². The van der Waals surface area contributed by atoms with Gasteiger partial charge in [0, 0.05) is 6.04 Å². The average Bonchev–Trinajstić information content (AvgIpc) is 2.04. The lowest BCUT2D eigenvalue weighted by Gasteiger charge is -2.06. The summed E-state index contributed by atoms with van der Waals surface area (Å²) < 4.78 is 0. The first-order chi connectivity index (χ1) is 5.31. The van der Waals surface area contributed by atoms with E-state index in [4.69, 9.17) is 5.73 Å². The van der Waals surface area contributed by atoms with Crippen LogP contribution in [0.5, 0.6) is 0 Å². The van der Waals surface area contributed by atoms with Crippen LogP contribution >= 0.6 is 0 Å². The number of rotatable bonds is 6. The Balaban J connectivity index is 3.01. The van der Waals surface area contributed by atoms with Crippen LogP contribution in [-0.2, 0) is 0 Å². The van der Waals surface area contributed by atoms with E-state index < -0.39 is 0 Å². The molecule has 0 aliphatic carbocycles. The van der Waals surface area contributed by atoms with Gasteiger partial charge in [0.25, 0.3) is 0 Å².